The molecule has 2 aliphatic heterocycles. The van der Waals surface area contributed by atoms with Crippen molar-refractivity contribution in [3.8, 4) is 0 Å². The number of piperidine rings is 1. The number of aromatic nitrogens is 1. The molecule has 4 rings (SSSR count). The smallest absolute Gasteiger partial charge is 0.234 e. The number of nitrogens with one attached hydrogen (secondary N) is 1. The van der Waals surface area contributed by atoms with Crippen molar-refractivity contribution in [1.82, 2.24) is 15.2 Å². The molecule has 2 aromatic rings. The predicted molar refractivity (Wildman–Crippen MR) is 108 cm³/mol. The van der Waals surface area contributed by atoms with Gasteiger partial charge >= 0.3 is 0 Å². The second kappa shape index (κ2) is 8.53. The molecule has 1 fully saturated rings. The zero-order valence-corrected chi connectivity index (χ0v) is 15.8. The average molecular weight is 364 g/mol. The summed E-state index contributed by atoms with van der Waals surface area (Å²) < 4.78 is 0. The molecule has 0 spiro atoms. The number of nitrogens with zero attached hydrogens (tertiary/aromatic N) is 3. The molecule has 5 heteroatoms. The van der Waals surface area contributed by atoms with Gasteiger partial charge in [0.05, 0.1) is 6.54 Å². The van der Waals surface area contributed by atoms with Crippen LogP contribution in [0, 0.1) is 5.92 Å². The summed E-state index contributed by atoms with van der Waals surface area (Å²) in [6.07, 6.45) is 5.20. The van der Waals surface area contributed by atoms with E-state index in [1.165, 1.54) is 17.5 Å². The molecule has 142 valence electrons. The summed E-state index contributed by atoms with van der Waals surface area (Å²) in [5.41, 5.74) is 2.78. The van der Waals surface area contributed by atoms with E-state index in [9.17, 15) is 4.79 Å². The zero-order valence-electron chi connectivity index (χ0n) is 15.8. The van der Waals surface area contributed by atoms with Crippen LogP contribution in [0.5, 0.6) is 0 Å². The molecule has 0 unspecified atom stereocenters. The van der Waals surface area contributed by atoms with Crippen molar-refractivity contribution in [3.63, 3.8) is 0 Å². The van der Waals surface area contributed by atoms with Crippen molar-refractivity contribution < 1.29 is 4.79 Å². The van der Waals surface area contributed by atoms with Crippen LogP contribution in [0.15, 0.2) is 48.7 Å². The molecule has 1 amide bonds. The Kier molecular flexibility index (Phi) is 5.68. The lowest BCUT2D eigenvalue weighted by molar-refractivity contribution is -0.122. The Morgan fingerprint density at radius 1 is 1.11 bits per heavy atom. The van der Waals surface area contributed by atoms with Crippen molar-refractivity contribution >= 4 is 11.7 Å². The fourth-order valence-corrected chi connectivity index (χ4v) is 4.19. The molecule has 1 aromatic carbocycles. The molecular weight excluding hydrogens is 336 g/mol. The zero-order chi connectivity index (χ0) is 18.5. The highest BCUT2D eigenvalue weighted by Gasteiger charge is 2.22. The van der Waals surface area contributed by atoms with Gasteiger partial charge in [-0.1, -0.05) is 30.3 Å². The van der Waals surface area contributed by atoms with Crippen LogP contribution < -0.4 is 10.2 Å². The standard InChI is InChI=1S/C22H28N4O/c27-22(17-25-13-10-19-7-1-2-8-20(19)16-25)24-14-18-6-5-12-26(15-18)21-9-3-4-11-23-21/h1-4,7-9,11,18H,5-6,10,12-17H2,(H,24,27)/t18-/m0/s1. The van der Waals surface area contributed by atoms with E-state index in [1.54, 1.807) is 0 Å². The van der Waals surface area contributed by atoms with Crippen molar-refractivity contribution in [2.75, 3.05) is 37.6 Å². The Labute approximate surface area is 161 Å². The van der Waals surface area contributed by atoms with E-state index in [0.29, 0.717) is 12.5 Å². The minimum Gasteiger partial charge on any atom is -0.356 e. The lowest BCUT2D eigenvalue weighted by Gasteiger charge is -2.34. The van der Waals surface area contributed by atoms with E-state index in [4.69, 9.17) is 0 Å². The molecule has 0 saturated carbocycles. The van der Waals surface area contributed by atoms with E-state index >= 15 is 0 Å². The first-order valence-electron chi connectivity index (χ1n) is 10.00. The number of pyridine rings is 1. The van der Waals surface area contributed by atoms with Crippen molar-refractivity contribution in [1.29, 1.82) is 0 Å². The first kappa shape index (κ1) is 18.0. The molecule has 1 aromatic heterocycles. The fourth-order valence-electron chi connectivity index (χ4n) is 4.19. The van der Waals surface area contributed by atoms with Crippen LogP contribution in [0.3, 0.4) is 0 Å². The number of hydrogen-bond donors (Lipinski definition) is 1. The Hall–Kier alpha value is -2.40. The van der Waals surface area contributed by atoms with Crippen LogP contribution in [0.4, 0.5) is 5.82 Å². The van der Waals surface area contributed by atoms with Crippen LogP contribution in [0.25, 0.3) is 0 Å². The SMILES string of the molecule is O=C(CN1CCc2ccccc2C1)NC[C@@H]1CCCN(c2ccccn2)C1. The second-order valence-corrected chi connectivity index (χ2v) is 7.68. The maximum atomic E-state index is 12.4. The van der Waals surface area contributed by atoms with Gasteiger partial charge in [0.2, 0.25) is 5.91 Å². The summed E-state index contributed by atoms with van der Waals surface area (Å²) in [6, 6.07) is 14.6. The predicted octanol–water partition coefficient (Wildman–Crippen LogP) is 2.47. The minimum atomic E-state index is 0.143. The first-order chi connectivity index (χ1) is 13.3. The van der Waals surface area contributed by atoms with Gasteiger partial charge in [-0.2, -0.15) is 0 Å². The molecule has 0 radical (unpaired) electrons. The molecule has 1 N–H and O–H groups in total. The summed E-state index contributed by atoms with van der Waals surface area (Å²) >= 11 is 0. The van der Waals surface area contributed by atoms with Crippen LogP contribution in [-0.2, 0) is 17.8 Å². The Morgan fingerprint density at radius 3 is 2.81 bits per heavy atom. The Morgan fingerprint density at radius 2 is 1.96 bits per heavy atom. The number of fused-ring (bicyclic) bond motifs is 1. The van der Waals surface area contributed by atoms with Crippen LogP contribution in [-0.4, -0.2) is 48.5 Å². The largest absolute Gasteiger partial charge is 0.356 e. The summed E-state index contributed by atoms with van der Waals surface area (Å²) in [4.78, 5) is 21.5. The number of carbonyl (C=O) groups excluding carboxylic acids is 1. The minimum absolute atomic E-state index is 0.143. The summed E-state index contributed by atoms with van der Waals surface area (Å²) in [5, 5.41) is 3.17. The lowest BCUT2D eigenvalue weighted by atomic mass is 9.98. The highest BCUT2D eigenvalue weighted by atomic mass is 16.2. The molecule has 3 heterocycles. The van der Waals surface area contributed by atoms with Gasteiger partial charge in [0.1, 0.15) is 5.82 Å². The molecular formula is C22H28N4O. The van der Waals surface area contributed by atoms with E-state index in [1.807, 2.05) is 18.3 Å². The third-order valence-corrected chi connectivity index (χ3v) is 5.66. The monoisotopic (exact) mass is 364 g/mol. The van der Waals surface area contributed by atoms with Crippen LogP contribution in [0.1, 0.15) is 24.0 Å². The molecule has 1 atom stereocenters. The number of rotatable bonds is 5. The number of benzene rings is 1. The third kappa shape index (κ3) is 4.66. The Bertz CT molecular complexity index is 764. The van der Waals surface area contributed by atoms with Gasteiger partial charge in [-0.15, -0.1) is 0 Å². The normalized spacial score (nSPS) is 20.1. The molecule has 5 nitrogen and oxygen atoms in total. The number of amides is 1. The number of carbonyl (C=O) groups is 1. The van der Waals surface area contributed by atoms with Crippen LogP contribution in [0.2, 0.25) is 0 Å². The van der Waals surface area contributed by atoms with Gasteiger partial charge in [-0.05, 0) is 48.4 Å². The number of hydrogen-bond acceptors (Lipinski definition) is 4. The van der Waals surface area contributed by atoms with Gasteiger partial charge in [-0.3, -0.25) is 9.69 Å². The summed E-state index contributed by atoms with van der Waals surface area (Å²) in [5.74, 6) is 1.68. The van der Waals surface area contributed by atoms with E-state index in [-0.39, 0.29) is 5.91 Å². The summed E-state index contributed by atoms with van der Waals surface area (Å²) in [6.45, 7) is 5.10. The summed E-state index contributed by atoms with van der Waals surface area (Å²) in [7, 11) is 0. The maximum Gasteiger partial charge on any atom is 0.234 e. The average Bonchev–Trinajstić information content (AvgIpc) is 2.73. The van der Waals surface area contributed by atoms with Gasteiger partial charge in [0, 0.05) is 38.9 Å². The quantitative estimate of drug-likeness (QED) is 0.885. The van der Waals surface area contributed by atoms with Crippen molar-refractivity contribution in [3.05, 3.63) is 59.8 Å². The second-order valence-electron chi connectivity index (χ2n) is 7.68. The van der Waals surface area contributed by atoms with E-state index < -0.39 is 0 Å². The van der Waals surface area contributed by atoms with Gasteiger partial charge in [0.15, 0.2) is 0 Å². The maximum absolute atomic E-state index is 12.4. The highest BCUT2D eigenvalue weighted by Crippen LogP contribution is 2.21. The first-order valence-corrected chi connectivity index (χ1v) is 10.00. The van der Waals surface area contributed by atoms with Crippen molar-refractivity contribution in [2.24, 2.45) is 5.92 Å². The van der Waals surface area contributed by atoms with Crippen molar-refractivity contribution in [2.45, 2.75) is 25.8 Å². The van der Waals surface area contributed by atoms with E-state index in [0.717, 1.165) is 51.4 Å². The lowest BCUT2D eigenvalue weighted by Crippen LogP contribution is -2.44. The van der Waals surface area contributed by atoms with Gasteiger partial charge in [0.25, 0.3) is 0 Å². The van der Waals surface area contributed by atoms with Crippen LogP contribution >= 0.6 is 0 Å². The third-order valence-electron chi connectivity index (χ3n) is 5.66. The Balaban J connectivity index is 1.24. The fraction of sp³-hybridized carbons (Fsp3) is 0.455. The molecule has 1 saturated heterocycles. The van der Waals surface area contributed by atoms with Gasteiger partial charge < -0.3 is 10.2 Å². The molecule has 0 bridgehead atoms. The topological polar surface area (TPSA) is 48.5 Å². The van der Waals surface area contributed by atoms with E-state index in [2.05, 4.69) is 50.4 Å². The molecule has 2 aliphatic rings. The number of anilines is 1. The highest BCUT2D eigenvalue weighted by molar-refractivity contribution is 5.78. The van der Waals surface area contributed by atoms with Gasteiger partial charge in [-0.25, -0.2) is 4.98 Å². The molecule has 0 aliphatic carbocycles. The molecule has 27 heavy (non-hydrogen) atoms.